The molecule has 1 saturated heterocycles. The highest BCUT2D eigenvalue weighted by molar-refractivity contribution is 7.88. The fourth-order valence-electron chi connectivity index (χ4n) is 2.78. The third kappa shape index (κ3) is 5.17. The first-order valence-corrected chi connectivity index (χ1v) is 9.77. The SMILES string of the molecule is COc1ccc(NC(C)=O)cc1NC(=O)[C@@H]1CCCN(S(C)(=O)=O)C1. The van der Waals surface area contributed by atoms with Crippen LogP contribution in [0.1, 0.15) is 19.8 Å². The van der Waals surface area contributed by atoms with E-state index < -0.39 is 15.9 Å². The number of sulfonamides is 1. The molecule has 0 aliphatic carbocycles. The molecule has 2 amide bonds. The van der Waals surface area contributed by atoms with Gasteiger partial charge in [-0.2, -0.15) is 0 Å². The second-order valence-electron chi connectivity index (χ2n) is 6.05. The van der Waals surface area contributed by atoms with Gasteiger partial charge in [-0.05, 0) is 31.0 Å². The summed E-state index contributed by atoms with van der Waals surface area (Å²) in [7, 11) is -1.84. The number of methoxy groups -OCH3 is 1. The molecule has 1 heterocycles. The van der Waals surface area contributed by atoms with Gasteiger partial charge in [0.15, 0.2) is 0 Å². The second kappa shape index (κ2) is 7.83. The lowest BCUT2D eigenvalue weighted by Crippen LogP contribution is -2.43. The van der Waals surface area contributed by atoms with E-state index in [1.54, 1.807) is 18.2 Å². The summed E-state index contributed by atoms with van der Waals surface area (Å²) in [6, 6.07) is 4.92. The number of hydrogen-bond acceptors (Lipinski definition) is 5. The summed E-state index contributed by atoms with van der Waals surface area (Å²) in [6.45, 7) is 1.99. The van der Waals surface area contributed by atoms with E-state index in [9.17, 15) is 18.0 Å². The first kappa shape index (κ1) is 19.2. The number of hydrogen-bond donors (Lipinski definition) is 2. The predicted molar refractivity (Wildman–Crippen MR) is 95.1 cm³/mol. The summed E-state index contributed by atoms with van der Waals surface area (Å²) < 4.78 is 29.9. The number of amides is 2. The van der Waals surface area contributed by atoms with Crippen molar-refractivity contribution in [1.29, 1.82) is 0 Å². The van der Waals surface area contributed by atoms with E-state index in [1.807, 2.05) is 0 Å². The van der Waals surface area contributed by atoms with Gasteiger partial charge in [-0.1, -0.05) is 0 Å². The van der Waals surface area contributed by atoms with Gasteiger partial charge in [0.05, 0.1) is 25.0 Å². The Kier molecular flexibility index (Phi) is 6.02. The van der Waals surface area contributed by atoms with Crippen molar-refractivity contribution in [2.45, 2.75) is 19.8 Å². The van der Waals surface area contributed by atoms with Gasteiger partial charge in [-0.15, -0.1) is 0 Å². The summed E-state index contributed by atoms with van der Waals surface area (Å²) in [6.07, 6.45) is 2.40. The van der Waals surface area contributed by atoms with E-state index in [0.717, 1.165) is 6.26 Å². The molecule has 0 radical (unpaired) electrons. The van der Waals surface area contributed by atoms with E-state index >= 15 is 0 Å². The van der Waals surface area contributed by atoms with E-state index in [1.165, 1.54) is 18.3 Å². The summed E-state index contributed by atoms with van der Waals surface area (Å²) in [5, 5.41) is 5.42. The number of nitrogens with zero attached hydrogens (tertiary/aromatic N) is 1. The van der Waals surface area contributed by atoms with E-state index in [2.05, 4.69) is 10.6 Å². The molecule has 9 heteroatoms. The van der Waals surface area contributed by atoms with Gasteiger partial charge in [-0.3, -0.25) is 9.59 Å². The fraction of sp³-hybridized carbons (Fsp3) is 0.500. The lowest BCUT2D eigenvalue weighted by molar-refractivity contribution is -0.121. The molecular weight excluding hydrogens is 346 g/mol. The molecule has 8 nitrogen and oxygen atoms in total. The molecule has 0 saturated carbocycles. The molecule has 1 atom stereocenters. The molecule has 1 fully saturated rings. The highest BCUT2D eigenvalue weighted by atomic mass is 32.2. The zero-order chi connectivity index (χ0) is 18.6. The first-order valence-electron chi connectivity index (χ1n) is 7.92. The Morgan fingerprint density at radius 3 is 2.60 bits per heavy atom. The zero-order valence-corrected chi connectivity index (χ0v) is 15.4. The van der Waals surface area contributed by atoms with Crippen LogP contribution in [0, 0.1) is 5.92 Å². The Morgan fingerprint density at radius 1 is 1.28 bits per heavy atom. The third-order valence-electron chi connectivity index (χ3n) is 4.00. The second-order valence-corrected chi connectivity index (χ2v) is 8.03. The van der Waals surface area contributed by atoms with Gasteiger partial charge >= 0.3 is 0 Å². The molecule has 0 aromatic heterocycles. The Bertz CT molecular complexity index is 763. The number of piperidine rings is 1. The van der Waals surface area contributed by atoms with Crippen molar-refractivity contribution in [1.82, 2.24) is 4.31 Å². The van der Waals surface area contributed by atoms with Gasteiger partial charge in [-0.25, -0.2) is 12.7 Å². The Labute approximate surface area is 147 Å². The lowest BCUT2D eigenvalue weighted by Gasteiger charge is -2.30. The van der Waals surface area contributed by atoms with Gasteiger partial charge in [0.1, 0.15) is 5.75 Å². The summed E-state index contributed by atoms with van der Waals surface area (Å²) in [5.74, 6) is -0.471. The largest absolute Gasteiger partial charge is 0.495 e. The molecule has 25 heavy (non-hydrogen) atoms. The maximum Gasteiger partial charge on any atom is 0.228 e. The predicted octanol–water partition coefficient (Wildman–Crippen LogP) is 1.26. The number of rotatable bonds is 5. The standard InChI is InChI=1S/C16H23N3O5S/c1-11(20)17-13-6-7-15(24-2)14(9-13)18-16(21)12-5-4-8-19(10-12)25(3,22)23/h6-7,9,12H,4-5,8,10H2,1-3H3,(H,17,20)(H,18,21)/t12-/m1/s1. The molecule has 1 aromatic rings. The van der Waals surface area contributed by atoms with Gasteiger partial charge in [0, 0.05) is 25.7 Å². The van der Waals surface area contributed by atoms with Gasteiger partial charge in [0.25, 0.3) is 0 Å². The fourth-order valence-corrected chi connectivity index (χ4v) is 3.69. The third-order valence-corrected chi connectivity index (χ3v) is 5.27. The van der Waals surface area contributed by atoms with Crippen molar-refractivity contribution in [3.05, 3.63) is 18.2 Å². The van der Waals surface area contributed by atoms with E-state index in [4.69, 9.17) is 4.74 Å². The maximum absolute atomic E-state index is 12.6. The van der Waals surface area contributed by atoms with Crippen LogP contribution in [-0.4, -0.2) is 51.0 Å². The van der Waals surface area contributed by atoms with Crippen molar-refractivity contribution in [2.24, 2.45) is 5.92 Å². The number of ether oxygens (including phenoxy) is 1. The number of nitrogens with one attached hydrogen (secondary N) is 2. The van der Waals surface area contributed by atoms with Crippen LogP contribution in [0.5, 0.6) is 5.75 Å². The quantitative estimate of drug-likeness (QED) is 0.813. The summed E-state index contributed by atoms with van der Waals surface area (Å²) in [5.41, 5.74) is 0.959. The molecule has 0 bridgehead atoms. The van der Waals surface area contributed by atoms with Crippen molar-refractivity contribution < 1.29 is 22.7 Å². The van der Waals surface area contributed by atoms with Crippen LogP contribution in [0.3, 0.4) is 0 Å². The van der Waals surface area contributed by atoms with Crippen LogP contribution in [0.15, 0.2) is 18.2 Å². The minimum absolute atomic E-state index is 0.165. The van der Waals surface area contributed by atoms with Crippen LogP contribution >= 0.6 is 0 Å². The molecule has 138 valence electrons. The van der Waals surface area contributed by atoms with Crippen LogP contribution in [0.2, 0.25) is 0 Å². The van der Waals surface area contributed by atoms with Crippen molar-refractivity contribution in [3.63, 3.8) is 0 Å². The number of anilines is 2. The zero-order valence-electron chi connectivity index (χ0n) is 14.5. The van der Waals surface area contributed by atoms with Crippen LogP contribution in [0.25, 0.3) is 0 Å². The summed E-state index contributed by atoms with van der Waals surface area (Å²) >= 11 is 0. The van der Waals surface area contributed by atoms with Gasteiger partial charge < -0.3 is 15.4 Å². The van der Waals surface area contributed by atoms with E-state index in [0.29, 0.717) is 36.5 Å². The van der Waals surface area contributed by atoms with Crippen LogP contribution in [0.4, 0.5) is 11.4 Å². The highest BCUT2D eigenvalue weighted by Crippen LogP contribution is 2.29. The molecule has 2 rings (SSSR count). The Morgan fingerprint density at radius 2 is 2.00 bits per heavy atom. The van der Waals surface area contributed by atoms with Crippen LogP contribution in [-0.2, 0) is 19.6 Å². The monoisotopic (exact) mass is 369 g/mol. The van der Waals surface area contributed by atoms with Crippen molar-refractivity contribution >= 4 is 33.2 Å². The van der Waals surface area contributed by atoms with Gasteiger partial charge in [0.2, 0.25) is 21.8 Å². The van der Waals surface area contributed by atoms with Crippen molar-refractivity contribution in [2.75, 3.05) is 37.1 Å². The normalized spacial score (nSPS) is 18.4. The average molecular weight is 369 g/mol. The minimum atomic E-state index is -3.32. The Balaban J connectivity index is 2.14. The number of benzene rings is 1. The highest BCUT2D eigenvalue weighted by Gasteiger charge is 2.30. The molecule has 1 aliphatic rings. The smallest absolute Gasteiger partial charge is 0.228 e. The average Bonchev–Trinajstić information content (AvgIpc) is 2.54. The maximum atomic E-state index is 12.6. The topological polar surface area (TPSA) is 105 Å². The molecule has 0 spiro atoms. The Hall–Kier alpha value is -2.13. The van der Waals surface area contributed by atoms with Crippen molar-refractivity contribution in [3.8, 4) is 5.75 Å². The molecule has 0 unspecified atom stereocenters. The molecule has 1 aliphatic heterocycles. The number of carbonyl (C=O) groups excluding carboxylic acids is 2. The van der Waals surface area contributed by atoms with Crippen LogP contribution < -0.4 is 15.4 Å². The van der Waals surface area contributed by atoms with E-state index in [-0.39, 0.29) is 18.4 Å². The molecule has 2 N–H and O–H groups in total. The molecular formula is C16H23N3O5S. The first-order chi connectivity index (χ1) is 11.7. The lowest BCUT2D eigenvalue weighted by atomic mass is 9.98. The summed E-state index contributed by atoms with van der Waals surface area (Å²) in [4.78, 5) is 23.8. The molecule has 1 aromatic carbocycles. The minimum Gasteiger partial charge on any atom is -0.495 e. The number of carbonyl (C=O) groups is 2.